The van der Waals surface area contributed by atoms with Crippen molar-refractivity contribution in [3.05, 3.63) is 36.0 Å². The standard InChI is InChI=1S/C10H14O/c1-9-4-2-5-10(8-9)6-3-7-11/h3,6,8,11H,1-2,4-5,7H2/b6-3+. The summed E-state index contributed by atoms with van der Waals surface area (Å²) in [7, 11) is 0. The van der Waals surface area contributed by atoms with E-state index in [4.69, 9.17) is 5.11 Å². The highest BCUT2D eigenvalue weighted by Gasteiger charge is 2.01. The van der Waals surface area contributed by atoms with Crippen molar-refractivity contribution < 1.29 is 5.11 Å². The van der Waals surface area contributed by atoms with Crippen LogP contribution < -0.4 is 0 Å². The topological polar surface area (TPSA) is 20.2 Å². The van der Waals surface area contributed by atoms with Crippen LogP contribution in [0.1, 0.15) is 19.3 Å². The molecule has 0 spiro atoms. The van der Waals surface area contributed by atoms with Crippen molar-refractivity contribution in [2.75, 3.05) is 6.61 Å². The van der Waals surface area contributed by atoms with Gasteiger partial charge in [0.15, 0.2) is 0 Å². The van der Waals surface area contributed by atoms with Crippen LogP contribution in [-0.4, -0.2) is 11.7 Å². The molecule has 1 aliphatic carbocycles. The van der Waals surface area contributed by atoms with Crippen LogP contribution in [0.15, 0.2) is 36.0 Å². The summed E-state index contributed by atoms with van der Waals surface area (Å²) in [6.07, 6.45) is 9.29. The quantitative estimate of drug-likeness (QED) is 0.639. The Kier molecular flexibility index (Phi) is 3.12. The lowest BCUT2D eigenvalue weighted by molar-refractivity contribution is 0.342. The highest BCUT2D eigenvalue weighted by Crippen LogP contribution is 2.21. The van der Waals surface area contributed by atoms with Crippen molar-refractivity contribution in [3.63, 3.8) is 0 Å². The van der Waals surface area contributed by atoms with E-state index < -0.39 is 0 Å². The maximum atomic E-state index is 8.53. The van der Waals surface area contributed by atoms with E-state index in [2.05, 4.69) is 12.7 Å². The Morgan fingerprint density at radius 2 is 2.36 bits per heavy atom. The first-order valence-electron chi connectivity index (χ1n) is 3.98. The third-order valence-electron chi connectivity index (χ3n) is 1.79. The Bertz CT molecular complexity index is 199. The van der Waals surface area contributed by atoms with Crippen LogP contribution in [0.3, 0.4) is 0 Å². The molecule has 0 heterocycles. The number of rotatable bonds is 2. The first-order chi connectivity index (χ1) is 5.33. The third kappa shape index (κ3) is 2.72. The minimum atomic E-state index is 0.129. The second-order valence-electron chi connectivity index (χ2n) is 2.82. The molecule has 0 aromatic rings. The lowest BCUT2D eigenvalue weighted by Gasteiger charge is -2.10. The van der Waals surface area contributed by atoms with E-state index in [1.807, 2.05) is 6.08 Å². The molecule has 11 heavy (non-hydrogen) atoms. The van der Waals surface area contributed by atoms with E-state index >= 15 is 0 Å². The van der Waals surface area contributed by atoms with Gasteiger partial charge in [-0.1, -0.05) is 30.4 Å². The highest BCUT2D eigenvalue weighted by molar-refractivity contribution is 5.31. The van der Waals surface area contributed by atoms with Crippen LogP contribution in [0, 0.1) is 0 Å². The summed E-state index contributed by atoms with van der Waals surface area (Å²) in [4.78, 5) is 0. The minimum absolute atomic E-state index is 0.129. The fourth-order valence-electron chi connectivity index (χ4n) is 1.26. The van der Waals surface area contributed by atoms with Gasteiger partial charge in [-0.05, 0) is 24.8 Å². The average Bonchev–Trinajstić information content (AvgIpc) is 2.01. The number of aliphatic hydroxyl groups is 1. The molecule has 0 atom stereocenters. The summed E-state index contributed by atoms with van der Waals surface area (Å²) in [5.41, 5.74) is 2.49. The van der Waals surface area contributed by atoms with Gasteiger partial charge in [0.05, 0.1) is 6.61 Å². The van der Waals surface area contributed by atoms with Gasteiger partial charge in [-0.15, -0.1) is 0 Å². The molecule has 0 amide bonds. The zero-order valence-electron chi connectivity index (χ0n) is 6.71. The molecule has 0 aromatic carbocycles. The largest absolute Gasteiger partial charge is 0.392 e. The van der Waals surface area contributed by atoms with E-state index in [1.165, 1.54) is 17.6 Å². The molecule has 1 nitrogen and oxygen atoms in total. The van der Waals surface area contributed by atoms with Crippen molar-refractivity contribution in [2.24, 2.45) is 0 Å². The second-order valence-corrected chi connectivity index (χ2v) is 2.82. The summed E-state index contributed by atoms with van der Waals surface area (Å²) in [6.45, 7) is 4.03. The van der Waals surface area contributed by atoms with Crippen LogP contribution in [0.25, 0.3) is 0 Å². The fraction of sp³-hybridized carbons (Fsp3) is 0.400. The predicted octanol–water partition coefficient (Wildman–Crippen LogP) is 2.20. The number of allylic oxidation sites excluding steroid dienone is 4. The van der Waals surface area contributed by atoms with E-state index in [-0.39, 0.29) is 6.61 Å². The summed E-state index contributed by atoms with van der Waals surface area (Å²) in [5.74, 6) is 0. The summed E-state index contributed by atoms with van der Waals surface area (Å²) < 4.78 is 0. The molecule has 1 aliphatic rings. The van der Waals surface area contributed by atoms with Gasteiger partial charge in [0.2, 0.25) is 0 Å². The van der Waals surface area contributed by atoms with E-state index in [1.54, 1.807) is 6.08 Å². The molecule has 0 saturated carbocycles. The average molecular weight is 150 g/mol. The van der Waals surface area contributed by atoms with E-state index in [0.29, 0.717) is 0 Å². The zero-order valence-corrected chi connectivity index (χ0v) is 6.71. The number of hydrogen-bond acceptors (Lipinski definition) is 1. The molecule has 0 bridgehead atoms. The van der Waals surface area contributed by atoms with Crippen molar-refractivity contribution in [3.8, 4) is 0 Å². The maximum Gasteiger partial charge on any atom is 0.0615 e. The summed E-state index contributed by atoms with van der Waals surface area (Å²) >= 11 is 0. The third-order valence-corrected chi connectivity index (χ3v) is 1.79. The normalized spacial score (nSPS) is 19.0. The lowest BCUT2D eigenvalue weighted by Crippen LogP contribution is -1.91. The highest BCUT2D eigenvalue weighted by atomic mass is 16.2. The molecule has 1 heteroatoms. The summed E-state index contributed by atoms with van der Waals surface area (Å²) in [6, 6.07) is 0. The van der Waals surface area contributed by atoms with Crippen LogP contribution in [-0.2, 0) is 0 Å². The molecule has 0 unspecified atom stereocenters. The zero-order chi connectivity index (χ0) is 8.10. The Balaban J connectivity index is 2.56. The minimum Gasteiger partial charge on any atom is -0.392 e. The van der Waals surface area contributed by atoms with Gasteiger partial charge >= 0.3 is 0 Å². The van der Waals surface area contributed by atoms with Gasteiger partial charge in [0, 0.05) is 0 Å². The second kappa shape index (κ2) is 4.14. The Labute approximate surface area is 67.7 Å². The van der Waals surface area contributed by atoms with Crippen molar-refractivity contribution in [2.45, 2.75) is 19.3 Å². The molecular formula is C10H14O. The van der Waals surface area contributed by atoms with Crippen LogP contribution >= 0.6 is 0 Å². The maximum absolute atomic E-state index is 8.53. The molecule has 0 fully saturated rings. The molecule has 1 rings (SSSR count). The molecule has 0 radical (unpaired) electrons. The van der Waals surface area contributed by atoms with Crippen molar-refractivity contribution >= 4 is 0 Å². The SMILES string of the molecule is C=C1C=C(/C=C/CO)CCC1. The van der Waals surface area contributed by atoms with Gasteiger partial charge in [-0.3, -0.25) is 0 Å². The van der Waals surface area contributed by atoms with Crippen LogP contribution in [0.2, 0.25) is 0 Å². The van der Waals surface area contributed by atoms with E-state index in [0.717, 1.165) is 12.8 Å². The van der Waals surface area contributed by atoms with Gasteiger partial charge < -0.3 is 5.11 Å². The Morgan fingerprint density at radius 1 is 1.55 bits per heavy atom. The van der Waals surface area contributed by atoms with Gasteiger partial charge in [0.25, 0.3) is 0 Å². The van der Waals surface area contributed by atoms with Crippen LogP contribution in [0.4, 0.5) is 0 Å². The number of aliphatic hydroxyl groups excluding tert-OH is 1. The molecule has 0 aromatic heterocycles. The fourth-order valence-corrected chi connectivity index (χ4v) is 1.26. The lowest BCUT2D eigenvalue weighted by atomic mass is 9.96. The number of hydrogen-bond donors (Lipinski definition) is 1. The van der Waals surface area contributed by atoms with E-state index in [9.17, 15) is 0 Å². The molecule has 0 saturated heterocycles. The molecule has 60 valence electrons. The van der Waals surface area contributed by atoms with Crippen molar-refractivity contribution in [1.82, 2.24) is 0 Å². The van der Waals surface area contributed by atoms with Gasteiger partial charge in [-0.2, -0.15) is 0 Å². The molecule has 0 aliphatic heterocycles. The van der Waals surface area contributed by atoms with Gasteiger partial charge in [-0.25, -0.2) is 0 Å². The smallest absolute Gasteiger partial charge is 0.0615 e. The van der Waals surface area contributed by atoms with Crippen LogP contribution in [0.5, 0.6) is 0 Å². The predicted molar refractivity (Wildman–Crippen MR) is 47.3 cm³/mol. The van der Waals surface area contributed by atoms with Crippen molar-refractivity contribution in [1.29, 1.82) is 0 Å². The monoisotopic (exact) mass is 150 g/mol. The summed E-state index contributed by atoms with van der Waals surface area (Å²) in [5, 5.41) is 8.53. The first kappa shape index (κ1) is 8.28. The Hall–Kier alpha value is -0.820. The molecular weight excluding hydrogens is 136 g/mol. The van der Waals surface area contributed by atoms with Gasteiger partial charge in [0.1, 0.15) is 0 Å². The first-order valence-corrected chi connectivity index (χ1v) is 3.98. The molecule has 1 N–H and O–H groups in total. The Morgan fingerprint density at radius 3 is 3.00 bits per heavy atom.